The summed E-state index contributed by atoms with van der Waals surface area (Å²) in [6, 6.07) is 14.8. The number of amides is 1. The molecule has 0 spiro atoms. The molecule has 0 aliphatic heterocycles. The molecule has 6 heteroatoms. The lowest BCUT2D eigenvalue weighted by molar-refractivity contribution is -0.109. The largest absolute Gasteiger partial charge is 0.489 e. The van der Waals surface area contributed by atoms with Crippen LogP contribution in [-0.4, -0.2) is 13.5 Å². The zero-order valence-electron chi connectivity index (χ0n) is 15.8. The van der Waals surface area contributed by atoms with E-state index in [4.69, 9.17) is 9.53 Å². The third-order valence-electron chi connectivity index (χ3n) is 4.15. The van der Waals surface area contributed by atoms with E-state index in [0.717, 1.165) is 17.0 Å². The van der Waals surface area contributed by atoms with Gasteiger partial charge in [0, 0.05) is 18.3 Å². The molecule has 3 rings (SSSR count). The maximum atomic E-state index is 8.94. The van der Waals surface area contributed by atoms with Crippen LogP contribution >= 0.6 is 11.3 Å². The van der Waals surface area contributed by atoms with Crippen molar-refractivity contribution >= 4 is 23.4 Å². The highest BCUT2D eigenvalue weighted by Crippen LogP contribution is 2.29. The van der Waals surface area contributed by atoms with Crippen molar-refractivity contribution in [2.45, 2.75) is 20.5 Å². The third kappa shape index (κ3) is 5.57. The summed E-state index contributed by atoms with van der Waals surface area (Å²) >= 11 is 1.72. The predicted molar refractivity (Wildman–Crippen MR) is 113 cm³/mol. The maximum Gasteiger partial charge on any atom is 0.221 e. The van der Waals surface area contributed by atoms with Crippen molar-refractivity contribution in [3.63, 3.8) is 0 Å². The number of ether oxygens (including phenoxy) is 1. The zero-order valence-corrected chi connectivity index (χ0v) is 16.6. The van der Waals surface area contributed by atoms with Gasteiger partial charge in [-0.05, 0) is 71.1 Å². The number of carbonyl (C=O) groups is 1. The van der Waals surface area contributed by atoms with Gasteiger partial charge in [-0.2, -0.15) is 11.3 Å². The van der Waals surface area contributed by atoms with Crippen LogP contribution in [0.1, 0.15) is 16.7 Å². The Morgan fingerprint density at radius 1 is 1.11 bits per heavy atom. The first-order valence-corrected chi connectivity index (χ1v) is 9.47. The van der Waals surface area contributed by atoms with Gasteiger partial charge < -0.3 is 10.1 Å². The van der Waals surface area contributed by atoms with Crippen molar-refractivity contribution in [1.29, 1.82) is 0 Å². The van der Waals surface area contributed by atoms with Gasteiger partial charge in [0.25, 0.3) is 0 Å². The highest BCUT2D eigenvalue weighted by molar-refractivity contribution is 7.08. The Labute approximate surface area is 164 Å². The van der Waals surface area contributed by atoms with E-state index in [1.54, 1.807) is 16.8 Å². The fourth-order valence-corrected chi connectivity index (χ4v) is 3.36. The summed E-state index contributed by atoms with van der Waals surface area (Å²) in [5, 5.41) is 7.51. The predicted octanol–water partition coefficient (Wildman–Crippen LogP) is 4.26. The van der Waals surface area contributed by atoms with Crippen molar-refractivity contribution in [3.05, 3.63) is 69.9 Å². The van der Waals surface area contributed by atoms with Crippen molar-refractivity contribution < 1.29 is 9.53 Å². The van der Waals surface area contributed by atoms with Crippen LogP contribution in [0.15, 0.2) is 53.2 Å². The van der Waals surface area contributed by atoms with Crippen LogP contribution in [0.25, 0.3) is 11.1 Å². The average Bonchev–Trinajstić information content (AvgIpc) is 3.22. The van der Waals surface area contributed by atoms with Crippen LogP contribution in [0.4, 0.5) is 5.69 Å². The summed E-state index contributed by atoms with van der Waals surface area (Å²) in [6.45, 7) is 4.79. The summed E-state index contributed by atoms with van der Waals surface area (Å²) in [6.07, 6.45) is 0.403. The van der Waals surface area contributed by atoms with Crippen molar-refractivity contribution in [2.75, 3.05) is 12.4 Å². The number of benzene rings is 2. The molecule has 0 fully saturated rings. The van der Waals surface area contributed by atoms with Crippen LogP contribution in [0.3, 0.4) is 0 Å². The van der Waals surface area contributed by atoms with Crippen molar-refractivity contribution in [2.24, 2.45) is 5.84 Å². The van der Waals surface area contributed by atoms with E-state index in [0.29, 0.717) is 13.0 Å². The van der Waals surface area contributed by atoms with E-state index in [1.807, 2.05) is 7.05 Å². The quantitative estimate of drug-likeness (QED) is 0.257. The minimum Gasteiger partial charge on any atom is -0.489 e. The number of nitrogens with one attached hydrogen (secondary N) is 2. The first-order valence-electron chi connectivity index (χ1n) is 8.52. The Balaban J connectivity index is 0.000000596. The maximum absolute atomic E-state index is 8.94. The molecule has 3 aromatic rings. The first kappa shape index (κ1) is 20.5. The average molecular weight is 384 g/mol. The lowest BCUT2D eigenvalue weighted by Crippen LogP contribution is -2.18. The first-order chi connectivity index (χ1) is 13.1. The molecule has 1 aromatic heterocycles. The summed E-state index contributed by atoms with van der Waals surface area (Å²) in [5.74, 6) is 5.35. The molecule has 27 heavy (non-hydrogen) atoms. The number of aryl methyl sites for hydroxylation is 2. The summed E-state index contributed by atoms with van der Waals surface area (Å²) in [7, 11) is 1.94. The molecule has 0 saturated heterocycles. The third-order valence-corrected chi connectivity index (χ3v) is 4.83. The molecule has 4 N–H and O–H groups in total. The van der Waals surface area contributed by atoms with E-state index >= 15 is 0 Å². The smallest absolute Gasteiger partial charge is 0.221 e. The second kappa shape index (κ2) is 10.4. The second-order valence-corrected chi connectivity index (χ2v) is 6.70. The SMILES string of the molecule is CNc1cccc(C)c1COc1ccc(-c2ccsc2)cc1C.NNC=O. The molecule has 0 saturated carbocycles. The molecular weight excluding hydrogens is 358 g/mol. The van der Waals surface area contributed by atoms with Gasteiger partial charge in [-0.25, -0.2) is 5.84 Å². The monoisotopic (exact) mass is 383 g/mol. The van der Waals surface area contributed by atoms with Crippen molar-refractivity contribution in [3.8, 4) is 16.9 Å². The van der Waals surface area contributed by atoms with Crippen LogP contribution < -0.4 is 21.3 Å². The molecule has 0 atom stereocenters. The van der Waals surface area contributed by atoms with Crippen LogP contribution in [0.2, 0.25) is 0 Å². The molecule has 1 heterocycles. The number of thiophene rings is 1. The van der Waals surface area contributed by atoms with Gasteiger partial charge in [-0.1, -0.05) is 18.2 Å². The molecule has 2 aromatic carbocycles. The Bertz CT molecular complexity index is 864. The standard InChI is InChI=1S/C20H21NOS.CH4N2O/c1-14-5-4-6-19(21-3)18(14)12-22-20-8-7-16(11-15(20)2)17-9-10-23-13-17;2-3-1-4/h4-11,13,21H,12H2,1-3H3;1H,2H2,(H,3,4). The molecule has 0 radical (unpaired) electrons. The van der Waals surface area contributed by atoms with Crippen LogP contribution in [0, 0.1) is 13.8 Å². The van der Waals surface area contributed by atoms with Gasteiger partial charge in [0.05, 0.1) is 0 Å². The van der Waals surface area contributed by atoms with Gasteiger partial charge in [-0.15, -0.1) is 0 Å². The van der Waals surface area contributed by atoms with Gasteiger partial charge >= 0.3 is 0 Å². The fraction of sp³-hybridized carbons (Fsp3) is 0.190. The Morgan fingerprint density at radius 3 is 2.48 bits per heavy atom. The minimum atomic E-state index is 0.403. The van der Waals surface area contributed by atoms with E-state index in [2.05, 4.69) is 78.2 Å². The lowest BCUT2D eigenvalue weighted by Gasteiger charge is -2.15. The Morgan fingerprint density at radius 2 is 1.89 bits per heavy atom. The normalized spacial score (nSPS) is 9.78. The van der Waals surface area contributed by atoms with Crippen LogP contribution in [-0.2, 0) is 11.4 Å². The fourth-order valence-electron chi connectivity index (χ4n) is 2.70. The number of hydrogen-bond acceptors (Lipinski definition) is 5. The molecule has 0 bridgehead atoms. The Hall–Kier alpha value is -2.83. The van der Waals surface area contributed by atoms with E-state index < -0.39 is 0 Å². The molecular formula is C21H25N3O2S. The summed E-state index contributed by atoms with van der Waals surface area (Å²) in [4.78, 5) is 8.94. The number of hydrazine groups is 1. The topological polar surface area (TPSA) is 76.4 Å². The summed E-state index contributed by atoms with van der Waals surface area (Å²) < 4.78 is 6.08. The van der Waals surface area contributed by atoms with Crippen molar-refractivity contribution in [1.82, 2.24) is 5.43 Å². The van der Waals surface area contributed by atoms with E-state index in [1.165, 1.54) is 22.3 Å². The van der Waals surface area contributed by atoms with Gasteiger partial charge in [0.1, 0.15) is 12.4 Å². The molecule has 0 aliphatic carbocycles. The zero-order chi connectivity index (χ0) is 19.6. The number of anilines is 1. The van der Waals surface area contributed by atoms with E-state index in [-0.39, 0.29) is 0 Å². The molecule has 0 aliphatic rings. The van der Waals surface area contributed by atoms with Gasteiger partial charge in [0.2, 0.25) is 6.41 Å². The number of hydrogen-bond donors (Lipinski definition) is 3. The number of nitrogens with two attached hydrogens (primary N) is 1. The van der Waals surface area contributed by atoms with Gasteiger partial charge in [0.15, 0.2) is 0 Å². The molecule has 1 amide bonds. The number of carbonyl (C=O) groups excluding carboxylic acids is 1. The Kier molecular flexibility index (Phi) is 7.85. The lowest BCUT2D eigenvalue weighted by atomic mass is 10.1. The molecule has 5 nitrogen and oxygen atoms in total. The summed E-state index contributed by atoms with van der Waals surface area (Å²) in [5.41, 5.74) is 8.98. The van der Waals surface area contributed by atoms with E-state index in [9.17, 15) is 0 Å². The number of rotatable bonds is 6. The highest BCUT2D eigenvalue weighted by atomic mass is 32.1. The van der Waals surface area contributed by atoms with Gasteiger partial charge in [-0.3, -0.25) is 10.2 Å². The van der Waals surface area contributed by atoms with Crippen LogP contribution in [0.5, 0.6) is 5.75 Å². The second-order valence-electron chi connectivity index (χ2n) is 5.92. The minimum absolute atomic E-state index is 0.403. The molecule has 0 unspecified atom stereocenters. The highest BCUT2D eigenvalue weighted by Gasteiger charge is 2.08. The molecule has 142 valence electrons.